The Morgan fingerprint density at radius 3 is 1.74 bits per heavy atom. The molecule has 0 saturated carbocycles. The number of carbonyl (C=O) groups excluding carboxylic acids is 5. The molecule has 5 aliphatic heterocycles. The number of Topliss-reactive ketones (excluding diaryl/α,β-unsaturated/α-hetero) is 1. The molecule has 3 amide bonds. The minimum atomic E-state index is -4.98. The van der Waals surface area contributed by atoms with Gasteiger partial charge in [-0.25, -0.2) is 14.8 Å². The molecular formula is C39H61F3N8O10S2. The number of amides is 3. The van der Waals surface area contributed by atoms with Crippen LogP contribution in [0.4, 0.5) is 13.2 Å². The molecule has 0 aliphatic carbocycles. The van der Waals surface area contributed by atoms with Gasteiger partial charge in [-0.15, -0.1) is 5.06 Å². The fraction of sp³-hybridized carbons (Fsp3) is 0.769. The van der Waals surface area contributed by atoms with Crippen LogP contribution in [0.5, 0.6) is 0 Å². The van der Waals surface area contributed by atoms with Gasteiger partial charge in [0.2, 0.25) is 0 Å². The van der Waals surface area contributed by atoms with Crippen LogP contribution in [0.25, 0.3) is 0 Å². The van der Waals surface area contributed by atoms with Crippen molar-refractivity contribution in [3.05, 3.63) is 0 Å². The van der Waals surface area contributed by atoms with Gasteiger partial charge >= 0.3 is 30.0 Å². The van der Waals surface area contributed by atoms with Crippen LogP contribution in [0, 0.1) is 0 Å². The third-order valence-electron chi connectivity index (χ3n) is 10.5. The maximum atomic E-state index is 12.3. The summed E-state index contributed by atoms with van der Waals surface area (Å²) in [6.45, 7) is 0.666. The lowest BCUT2D eigenvalue weighted by molar-refractivity contribution is -0.197. The molecule has 0 aromatic rings. The number of rotatable bonds is 23. The number of nitrogens with zero attached hydrogens (tertiary/aromatic N) is 3. The largest absolute Gasteiger partial charge is 0.481 e. The summed E-state index contributed by atoms with van der Waals surface area (Å²) in [5, 5.41) is 25.6. The number of imide groups is 1. The third-order valence-corrected chi connectivity index (χ3v) is 13.5. The molecule has 0 aromatic heterocycles. The number of hydrogen-bond acceptors (Lipinski definition) is 16. The molecule has 5 heterocycles. The van der Waals surface area contributed by atoms with Gasteiger partial charge in [0.05, 0.1) is 24.2 Å². The number of alkyl halides is 3. The number of guanidine groups is 2. The van der Waals surface area contributed by atoms with E-state index in [2.05, 4.69) is 20.6 Å². The predicted octanol–water partition coefficient (Wildman–Crippen LogP) is 3.55. The van der Waals surface area contributed by atoms with E-state index in [1.54, 1.807) is 17.1 Å². The lowest BCUT2D eigenvalue weighted by atomic mass is 10.0. The standard InChI is InChI=1S/C17H29N3O3S.C16H19F3N4O5S.C6H13NO2/c18-17-19-13-11-24-14(16(13)20-17)9-6-5-8-12(21)7-3-1-2-4-10-15(22)23;17-16(18,19)14(27)22-15-20-8-7-29-9(13(8)21-15)3-1-2-4-12(26)28-23-10(24)5-6-11(23)25;7-5-3-1-2-4-6(8)9/h13-14,16H,1-11H2,(H,22,23)(H3,18,19,20);8-9,13H,1-7H2,(H2,20,21,22,27);1-5,7H2,(H,8,9)/t13-,14-,16-;8-,9-,13-;/m00./s1. The first-order valence-electron chi connectivity index (χ1n) is 21.3. The molecule has 62 heavy (non-hydrogen) atoms. The number of aliphatic carboxylic acids is 2. The Balaban J connectivity index is 0.000000280. The summed E-state index contributed by atoms with van der Waals surface area (Å²) in [4.78, 5) is 91.2. The highest BCUT2D eigenvalue weighted by Gasteiger charge is 2.44. The highest BCUT2D eigenvalue weighted by atomic mass is 32.2. The van der Waals surface area contributed by atoms with Crippen molar-refractivity contribution in [1.29, 1.82) is 0 Å². The fourth-order valence-corrected chi connectivity index (χ4v) is 10.3. The fourth-order valence-electron chi connectivity index (χ4n) is 7.23. The van der Waals surface area contributed by atoms with Crippen LogP contribution in [0.2, 0.25) is 0 Å². The maximum Gasteiger partial charge on any atom is 0.471 e. The number of hydrogen-bond donors (Lipinski definition) is 7. The first kappa shape index (κ1) is 52.2. The van der Waals surface area contributed by atoms with E-state index >= 15 is 0 Å². The summed E-state index contributed by atoms with van der Waals surface area (Å²) in [6.07, 6.45) is 7.95. The van der Waals surface area contributed by atoms with E-state index in [4.69, 9.17) is 26.5 Å². The van der Waals surface area contributed by atoms with Crippen LogP contribution in [0.3, 0.4) is 0 Å². The molecule has 0 aromatic carbocycles. The molecule has 0 unspecified atom stereocenters. The number of carboxylic acids is 2. The second-order valence-corrected chi connectivity index (χ2v) is 18.1. The SMILES string of the molecule is NC1=N[C@H]2[C@H](CS[C@H]2CCCCC(=O)CCCCCCC(=O)O)N1.NCCCCCC(=O)O.O=C(CCCC[C@@H]1SC[C@@H]2NC(NC(=O)C(F)(F)F)=N[C@@H]21)ON1C(=O)CCC1=O. The highest BCUT2D eigenvalue weighted by Crippen LogP contribution is 2.36. The predicted molar refractivity (Wildman–Crippen MR) is 227 cm³/mol. The van der Waals surface area contributed by atoms with Gasteiger partial charge in [-0.1, -0.05) is 32.1 Å². The number of unbranched alkanes of at least 4 members (excludes halogenated alkanes) is 7. The van der Waals surface area contributed by atoms with Crippen molar-refractivity contribution in [3.8, 4) is 0 Å². The Morgan fingerprint density at radius 1 is 0.726 bits per heavy atom. The molecule has 9 N–H and O–H groups in total. The Morgan fingerprint density at radius 2 is 1.21 bits per heavy atom. The minimum Gasteiger partial charge on any atom is -0.481 e. The van der Waals surface area contributed by atoms with E-state index in [-0.39, 0.29) is 55.4 Å². The molecule has 0 bridgehead atoms. The number of carbonyl (C=O) groups is 7. The average Bonchev–Trinajstić information content (AvgIpc) is 4.02. The highest BCUT2D eigenvalue weighted by molar-refractivity contribution is 8.00. The number of hydroxylamine groups is 2. The van der Waals surface area contributed by atoms with Crippen LogP contribution in [-0.2, 0) is 38.4 Å². The van der Waals surface area contributed by atoms with E-state index < -0.39 is 41.8 Å². The van der Waals surface area contributed by atoms with E-state index in [1.165, 1.54) is 0 Å². The summed E-state index contributed by atoms with van der Waals surface area (Å²) < 4.78 is 37.0. The Hall–Kier alpha value is -4.12. The van der Waals surface area contributed by atoms with E-state index in [9.17, 15) is 46.7 Å². The number of ketones is 1. The van der Waals surface area contributed by atoms with Crippen LogP contribution in [0.1, 0.15) is 128 Å². The number of halogens is 3. The second-order valence-electron chi connectivity index (χ2n) is 15.5. The molecule has 18 nitrogen and oxygen atoms in total. The topological polar surface area (TPSA) is 285 Å². The molecule has 3 fully saturated rings. The molecule has 0 spiro atoms. The summed E-state index contributed by atoms with van der Waals surface area (Å²) >= 11 is 3.60. The molecule has 3 saturated heterocycles. The lowest BCUT2D eigenvalue weighted by Crippen LogP contribution is -2.47. The summed E-state index contributed by atoms with van der Waals surface area (Å²) in [7, 11) is 0. The van der Waals surface area contributed by atoms with Gasteiger partial charge in [0.25, 0.3) is 11.8 Å². The Bertz CT molecular complexity index is 1590. The minimum absolute atomic E-state index is 0.0353. The van der Waals surface area contributed by atoms with Crippen molar-refractivity contribution in [3.63, 3.8) is 0 Å². The van der Waals surface area contributed by atoms with E-state index in [0.717, 1.165) is 63.5 Å². The average molecular weight is 923 g/mol. The number of nitrogens with one attached hydrogen (secondary N) is 3. The van der Waals surface area contributed by atoms with Crippen molar-refractivity contribution in [1.82, 2.24) is 21.0 Å². The van der Waals surface area contributed by atoms with Crippen LogP contribution >= 0.6 is 23.5 Å². The molecule has 350 valence electrons. The molecule has 0 radical (unpaired) electrons. The zero-order chi connectivity index (χ0) is 45.7. The molecule has 5 rings (SSSR count). The van der Waals surface area contributed by atoms with Gasteiger partial charge in [-0.05, 0) is 57.9 Å². The second kappa shape index (κ2) is 27.2. The van der Waals surface area contributed by atoms with Gasteiger partial charge in [0.15, 0.2) is 11.9 Å². The summed E-state index contributed by atoms with van der Waals surface area (Å²) in [5.74, 6) is -2.78. The number of fused-ring (bicyclic) bond motifs is 2. The molecule has 23 heteroatoms. The summed E-state index contributed by atoms with van der Waals surface area (Å²) in [5.41, 5.74) is 10.9. The number of carboxylic acid groups (broad SMARTS) is 2. The quantitative estimate of drug-likeness (QED) is 0.0570. The molecule has 6 atom stereocenters. The van der Waals surface area contributed by atoms with Gasteiger partial charge < -0.3 is 37.2 Å². The van der Waals surface area contributed by atoms with Crippen molar-refractivity contribution >= 4 is 76.9 Å². The van der Waals surface area contributed by atoms with Gasteiger partial charge in [-0.3, -0.25) is 34.1 Å². The number of thioether (sulfide) groups is 2. The van der Waals surface area contributed by atoms with Crippen molar-refractivity contribution in [2.75, 3.05) is 18.1 Å². The van der Waals surface area contributed by atoms with E-state index in [0.29, 0.717) is 85.0 Å². The Labute approximate surface area is 367 Å². The smallest absolute Gasteiger partial charge is 0.471 e. The zero-order valence-corrected chi connectivity index (χ0v) is 36.5. The van der Waals surface area contributed by atoms with Crippen molar-refractivity contribution in [2.24, 2.45) is 21.5 Å². The molecular weight excluding hydrogens is 862 g/mol. The first-order chi connectivity index (χ1) is 29.5. The zero-order valence-electron chi connectivity index (χ0n) is 34.8. The van der Waals surface area contributed by atoms with Crippen LogP contribution in [0.15, 0.2) is 9.98 Å². The first-order valence-corrected chi connectivity index (χ1v) is 23.4. The number of aliphatic imine (C=N–C) groups is 2. The third kappa shape index (κ3) is 19.1. The van der Waals surface area contributed by atoms with Crippen LogP contribution < -0.4 is 27.4 Å². The monoisotopic (exact) mass is 922 g/mol. The Kier molecular flexibility index (Phi) is 22.9. The van der Waals surface area contributed by atoms with Crippen molar-refractivity contribution in [2.45, 2.75) is 169 Å². The van der Waals surface area contributed by atoms with Crippen molar-refractivity contribution < 1.29 is 61.8 Å². The van der Waals surface area contributed by atoms with E-state index in [1.807, 2.05) is 11.8 Å². The maximum absolute atomic E-state index is 12.3. The van der Waals surface area contributed by atoms with Gasteiger partial charge in [-0.2, -0.15) is 36.7 Å². The summed E-state index contributed by atoms with van der Waals surface area (Å²) in [6, 6.07) is 0.320. The van der Waals surface area contributed by atoms with Crippen LogP contribution in [-0.4, -0.2) is 128 Å². The normalized spacial score (nSPS) is 23.4. The molecule has 5 aliphatic rings. The number of nitrogens with two attached hydrogens (primary N) is 2. The lowest BCUT2D eigenvalue weighted by Gasteiger charge is -2.15. The van der Waals surface area contributed by atoms with Gasteiger partial charge in [0, 0.05) is 67.0 Å². The van der Waals surface area contributed by atoms with Gasteiger partial charge in [0.1, 0.15) is 5.78 Å².